The molecule has 3 N–H and O–H groups in total. The molecular formula is H6AlBO3Zn. The molecule has 0 spiro atoms. The minimum atomic E-state index is -2.17. The topological polar surface area (TPSA) is 60.7 Å². The Morgan fingerprint density at radius 2 is 1.00 bits per heavy atom. The van der Waals surface area contributed by atoms with Gasteiger partial charge in [0.1, 0.15) is 0 Å². The van der Waals surface area contributed by atoms with Crippen LogP contribution in [0.3, 0.4) is 0 Å². The van der Waals surface area contributed by atoms with Crippen molar-refractivity contribution in [2.45, 2.75) is 0 Å². The second kappa shape index (κ2) is 9.44. The molecule has 0 saturated carbocycles. The van der Waals surface area contributed by atoms with Crippen LogP contribution in [0.4, 0.5) is 0 Å². The molecule has 0 atom stereocenters. The summed E-state index contributed by atoms with van der Waals surface area (Å²) in [6, 6.07) is 0. The van der Waals surface area contributed by atoms with Crippen LogP contribution in [-0.2, 0) is 19.5 Å². The zero-order valence-electron chi connectivity index (χ0n) is 2.63. The van der Waals surface area contributed by atoms with Crippen molar-refractivity contribution >= 4 is 24.7 Å². The van der Waals surface area contributed by atoms with Crippen molar-refractivity contribution in [1.82, 2.24) is 0 Å². The molecular weight excluding hydrogens is 151 g/mol. The Bertz CT molecular complexity index is 15.5. The molecule has 0 aromatic heterocycles. The summed E-state index contributed by atoms with van der Waals surface area (Å²) >= 11 is 0. The van der Waals surface area contributed by atoms with Crippen molar-refractivity contribution in [3.63, 3.8) is 0 Å². The fourth-order valence-electron chi connectivity index (χ4n) is 0. The molecule has 0 rings (SSSR count). The maximum Gasteiger partial charge on any atom is 0.631 e. The average molecular weight is 157 g/mol. The first-order valence-electron chi connectivity index (χ1n) is 0.775. The predicted octanol–water partition coefficient (Wildman–Crippen LogP) is -3.24. The zero-order chi connectivity index (χ0) is 3.58. The second-order valence-corrected chi connectivity index (χ2v) is 0.346. The Labute approximate surface area is 59.4 Å². The van der Waals surface area contributed by atoms with Crippen molar-refractivity contribution in [2.24, 2.45) is 0 Å². The molecule has 0 bridgehead atoms. The number of hydrogen-bond acceptors (Lipinski definition) is 3. The Kier molecular flexibility index (Phi) is 24.7. The quantitative estimate of drug-likeness (QED) is 0.324. The smallest absolute Gasteiger partial charge is 0.402 e. The number of rotatable bonds is 0. The molecule has 0 heterocycles. The Morgan fingerprint density at radius 1 is 1.00 bits per heavy atom. The van der Waals surface area contributed by atoms with E-state index in [-0.39, 0.29) is 36.8 Å². The van der Waals surface area contributed by atoms with Crippen LogP contribution in [0.25, 0.3) is 0 Å². The van der Waals surface area contributed by atoms with Gasteiger partial charge in [0.15, 0.2) is 17.4 Å². The van der Waals surface area contributed by atoms with E-state index >= 15 is 0 Å². The van der Waals surface area contributed by atoms with Crippen LogP contribution in [0, 0.1) is 0 Å². The molecule has 0 aliphatic heterocycles. The molecule has 0 amide bonds. The van der Waals surface area contributed by atoms with Crippen molar-refractivity contribution in [3.8, 4) is 0 Å². The third kappa shape index (κ3) is 70.8. The van der Waals surface area contributed by atoms with Gasteiger partial charge in [-0.3, -0.25) is 0 Å². The predicted molar refractivity (Wildman–Crippen MR) is 22.3 cm³/mol. The molecule has 0 saturated heterocycles. The van der Waals surface area contributed by atoms with Gasteiger partial charge in [0, 0.05) is 19.5 Å². The van der Waals surface area contributed by atoms with Gasteiger partial charge in [-0.1, -0.05) is 0 Å². The molecule has 0 aliphatic rings. The van der Waals surface area contributed by atoms with Crippen LogP contribution in [0.5, 0.6) is 0 Å². The van der Waals surface area contributed by atoms with Crippen molar-refractivity contribution in [3.05, 3.63) is 0 Å². The van der Waals surface area contributed by atoms with Gasteiger partial charge in [-0.15, -0.1) is 0 Å². The molecule has 0 aliphatic carbocycles. The van der Waals surface area contributed by atoms with Crippen LogP contribution < -0.4 is 0 Å². The molecule has 0 aromatic rings. The van der Waals surface area contributed by atoms with Gasteiger partial charge in [-0.2, -0.15) is 0 Å². The molecule has 0 radical (unpaired) electrons. The third-order valence-corrected chi connectivity index (χ3v) is 0. The molecule has 6 heteroatoms. The largest absolute Gasteiger partial charge is 0.631 e. The first-order valence-corrected chi connectivity index (χ1v) is 0.775. The van der Waals surface area contributed by atoms with Crippen LogP contribution in [-0.4, -0.2) is 39.8 Å². The van der Waals surface area contributed by atoms with Gasteiger partial charge in [0.2, 0.25) is 0 Å². The van der Waals surface area contributed by atoms with Gasteiger partial charge >= 0.3 is 7.32 Å². The average Bonchev–Trinajstić information content (AvgIpc) is 0.811. The fraction of sp³-hybridized carbons (Fsp3) is 0. The standard InChI is InChI=1S/Al.BH3O3.Zn.3H/c;2-1(3)4;;;;/h;2-4H;;;;. The summed E-state index contributed by atoms with van der Waals surface area (Å²) in [5.74, 6) is 0. The molecule has 0 unspecified atom stereocenters. The van der Waals surface area contributed by atoms with E-state index in [0.29, 0.717) is 0 Å². The SMILES string of the molecule is OB(O)O.[AlH3].[Zn]. The van der Waals surface area contributed by atoms with Gasteiger partial charge in [0.25, 0.3) is 0 Å². The van der Waals surface area contributed by atoms with E-state index in [1.807, 2.05) is 0 Å². The normalized spacial score (nSPS) is 4.50. The van der Waals surface area contributed by atoms with Gasteiger partial charge in [-0.25, -0.2) is 0 Å². The Morgan fingerprint density at radius 3 is 1.00 bits per heavy atom. The molecule has 32 valence electrons. The molecule has 0 aromatic carbocycles. The molecule has 3 nitrogen and oxygen atoms in total. The van der Waals surface area contributed by atoms with Gasteiger partial charge < -0.3 is 15.1 Å². The monoisotopic (exact) mass is 156 g/mol. The molecule has 0 fully saturated rings. The second-order valence-electron chi connectivity index (χ2n) is 0.346. The number of hydrogen-bond donors (Lipinski definition) is 3. The van der Waals surface area contributed by atoms with Crippen molar-refractivity contribution in [2.75, 3.05) is 0 Å². The van der Waals surface area contributed by atoms with Crippen molar-refractivity contribution in [1.29, 1.82) is 0 Å². The Hall–Kier alpha value is 1.10. The van der Waals surface area contributed by atoms with Gasteiger partial charge in [0.05, 0.1) is 0 Å². The van der Waals surface area contributed by atoms with E-state index in [4.69, 9.17) is 15.1 Å². The summed E-state index contributed by atoms with van der Waals surface area (Å²) in [7, 11) is -2.17. The van der Waals surface area contributed by atoms with Crippen LogP contribution >= 0.6 is 0 Å². The summed E-state index contributed by atoms with van der Waals surface area (Å²) in [5, 5.41) is 21.5. The van der Waals surface area contributed by atoms with Crippen LogP contribution in [0.2, 0.25) is 0 Å². The fourth-order valence-corrected chi connectivity index (χ4v) is 0. The summed E-state index contributed by atoms with van der Waals surface area (Å²) in [6.07, 6.45) is 0. The van der Waals surface area contributed by atoms with E-state index in [1.54, 1.807) is 0 Å². The van der Waals surface area contributed by atoms with Crippen molar-refractivity contribution < 1.29 is 34.6 Å². The molecule has 6 heavy (non-hydrogen) atoms. The van der Waals surface area contributed by atoms with E-state index in [2.05, 4.69) is 0 Å². The first-order chi connectivity index (χ1) is 1.73. The Balaban J connectivity index is -0.0000000450. The maximum atomic E-state index is 7.17. The summed E-state index contributed by atoms with van der Waals surface area (Å²) in [6.45, 7) is 0. The minimum Gasteiger partial charge on any atom is -0.402 e. The zero-order valence-corrected chi connectivity index (χ0v) is 5.59. The maximum absolute atomic E-state index is 7.17. The van der Waals surface area contributed by atoms with E-state index < -0.39 is 7.32 Å². The third-order valence-electron chi connectivity index (χ3n) is 0. The van der Waals surface area contributed by atoms with E-state index in [1.165, 1.54) is 0 Å². The van der Waals surface area contributed by atoms with Gasteiger partial charge in [-0.05, 0) is 0 Å². The summed E-state index contributed by atoms with van der Waals surface area (Å²) in [4.78, 5) is 0. The summed E-state index contributed by atoms with van der Waals surface area (Å²) in [5.41, 5.74) is 0. The van der Waals surface area contributed by atoms with E-state index in [9.17, 15) is 0 Å². The van der Waals surface area contributed by atoms with Crippen LogP contribution in [0.1, 0.15) is 0 Å². The first kappa shape index (κ1) is 15.7. The van der Waals surface area contributed by atoms with E-state index in [0.717, 1.165) is 0 Å². The van der Waals surface area contributed by atoms with Crippen LogP contribution in [0.15, 0.2) is 0 Å². The summed E-state index contributed by atoms with van der Waals surface area (Å²) < 4.78 is 0. The minimum absolute atomic E-state index is 0.